The molecule has 1 aliphatic rings. The van der Waals surface area contributed by atoms with Crippen LogP contribution in [0.1, 0.15) is 25.3 Å². The van der Waals surface area contributed by atoms with E-state index in [-0.39, 0.29) is 11.9 Å². The van der Waals surface area contributed by atoms with E-state index in [1.807, 2.05) is 19.1 Å². The van der Waals surface area contributed by atoms with Gasteiger partial charge in [-0.1, -0.05) is 23.2 Å². The lowest BCUT2D eigenvalue weighted by molar-refractivity contribution is -0.149. The summed E-state index contributed by atoms with van der Waals surface area (Å²) >= 11 is 12.1. The van der Waals surface area contributed by atoms with Crippen molar-refractivity contribution < 1.29 is 9.53 Å². The Labute approximate surface area is 159 Å². The molecule has 7 heteroatoms. The highest BCUT2D eigenvalue weighted by Crippen LogP contribution is 2.20. The fraction of sp³-hybridized carbons (Fsp3) is 0.556. The van der Waals surface area contributed by atoms with Gasteiger partial charge in [-0.2, -0.15) is 0 Å². The van der Waals surface area contributed by atoms with Gasteiger partial charge in [0, 0.05) is 36.7 Å². The molecule has 138 valence electrons. The molecule has 0 unspecified atom stereocenters. The summed E-state index contributed by atoms with van der Waals surface area (Å²) < 4.78 is 5.11. The molecule has 1 N–H and O–H groups in total. The topological polar surface area (TPSA) is 53.9 Å². The predicted molar refractivity (Wildman–Crippen MR) is 102 cm³/mol. The third-order valence-electron chi connectivity index (χ3n) is 4.25. The number of piperidine rings is 1. The number of nitrogens with zero attached hydrogens (tertiary/aromatic N) is 2. The molecular weight excluding hydrogens is 361 g/mol. The molecule has 1 fully saturated rings. The van der Waals surface area contributed by atoms with Gasteiger partial charge in [0.2, 0.25) is 0 Å². The predicted octanol–water partition coefficient (Wildman–Crippen LogP) is 3.39. The SMILES string of the molecule is CCOC(=O)C1CCN(C(=NC)NCCc2cc(Cl)cc(Cl)c2)CC1. The molecule has 25 heavy (non-hydrogen) atoms. The Bertz CT molecular complexity index is 594. The van der Waals surface area contributed by atoms with E-state index in [2.05, 4.69) is 15.2 Å². The van der Waals surface area contributed by atoms with Crippen molar-refractivity contribution in [1.29, 1.82) is 0 Å². The molecule has 0 atom stereocenters. The zero-order valence-corrected chi connectivity index (χ0v) is 16.2. The van der Waals surface area contributed by atoms with E-state index in [0.717, 1.165) is 50.4 Å². The maximum atomic E-state index is 11.8. The number of ether oxygens (including phenoxy) is 1. The van der Waals surface area contributed by atoms with E-state index in [0.29, 0.717) is 16.7 Å². The number of hydrogen-bond acceptors (Lipinski definition) is 3. The van der Waals surface area contributed by atoms with Crippen LogP contribution >= 0.6 is 23.2 Å². The highest BCUT2D eigenvalue weighted by Gasteiger charge is 2.27. The van der Waals surface area contributed by atoms with Gasteiger partial charge < -0.3 is 15.0 Å². The van der Waals surface area contributed by atoms with Crippen molar-refractivity contribution in [2.75, 3.05) is 33.3 Å². The van der Waals surface area contributed by atoms with Gasteiger partial charge in [-0.15, -0.1) is 0 Å². The van der Waals surface area contributed by atoms with Crippen LogP contribution in [0, 0.1) is 5.92 Å². The van der Waals surface area contributed by atoms with Crippen molar-refractivity contribution in [1.82, 2.24) is 10.2 Å². The van der Waals surface area contributed by atoms with Crippen LogP contribution in [-0.4, -0.2) is 50.1 Å². The Hall–Kier alpha value is -1.46. The van der Waals surface area contributed by atoms with Gasteiger partial charge in [0.15, 0.2) is 5.96 Å². The normalized spacial score (nSPS) is 16.0. The van der Waals surface area contributed by atoms with Crippen LogP contribution < -0.4 is 5.32 Å². The zero-order chi connectivity index (χ0) is 18.2. The number of aliphatic imine (C=N–C) groups is 1. The van der Waals surface area contributed by atoms with E-state index in [1.165, 1.54) is 0 Å². The minimum Gasteiger partial charge on any atom is -0.466 e. The minimum absolute atomic E-state index is 0.00269. The summed E-state index contributed by atoms with van der Waals surface area (Å²) in [6.07, 6.45) is 2.39. The molecule has 0 saturated carbocycles. The van der Waals surface area contributed by atoms with Gasteiger partial charge >= 0.3 is 5.97 Å². The van der Waals surface area contributed by atoms with Crippen LogP contribution in [-0.2, 0) is 16.0 Å². The average Bonchev–Trinajstić information content (AvgIpc) is 2.58. The molecule has 0 amide bonds. The van der Waals surface area contributed by atoms with Crippen LogP contribution in [0.2, 0.25) is 10.0 Å². The van der Waals surface area contributed by atoms with Crippen molar-refractivity contribution in [3.63, 3.8) is 0 Å². The van der Waals surface area contributed by atoms with E-state index in [9.17, 15) is 4.79 Å². The van der Waals surface area contributed by atoms with Crippen molar-refractivity contribution in [2.24, 2.45) is 10.9 Å². The quantitative estimate of drug-likeness (QED) is 0.479. The number of benzene rings is 1. The maximum Gasteiger partial charge on any atom is 0.309 e. The van der Waals surface area contributed by atoms with E-state index in [1.54, 1.807) is 13.1 Å². The Morgan fingerprint density at radius 1 is 1.28 bits per heavy atom. The lowest BCUT2D eigenvalue weighted by Gasteiger charge is -2.33. The molecule has 5 nitrogen and oxygen atoms in total. The van der Waals surface area contributed by atoms with Crippen molar-refractivity contribution in [2.45, 2.75) is 26.2 Å². The first-order valence-electron chi connectivity index (χ1n) is 8.60. The second-order valence-electron chi connectivity index (χ2n) is 6.02. The summed E-state index contributed by atoms with van der Waals surface area (Å²) in [5.74, 6) is 0.779. The van der Waals surface area contributed by atoms with Crippen LogP contribution in [0.15, 0.2) is 23.2 Å². The molecule has 2 rings (SSSR count). The number of carbonyl (C=O) groups is 1. The fourth-order valence-electron chi connectivity index (χ4n) is 2.99. The lowest BCUT2D eigenvalue weighted by atomic mass is 9.97. The van der Waals surface area contributed by atoms with Crippen molar-refractivity contribution in [3.8, 4) is 0 Å². The molecule has 0 radical (unpaired) electrons. The molecule has 0 aromatic heterocycles. The fourth-order valence-corrected chi connectivity index (χ4v) is 3.56. The number of rotatable bonds is 5. The van der Waals surface area contributed by atoms with Crippen LogP contribution in [0.5, 0.6) is 0 Å². The van der Waals surface area contributed by atoms with Gasteiger partial charge in [-0.3, -0.25) is 9.79 Å². The standard InChI is InChI=1S/C18H25Cl2N3O2/c1-3-25-17(24)14-5-8-23(9-6-14)18(21-2)22-7-4-13-10-15(19)12-16(20)11-13/h10-12,14H,3-9H2,1-2H3,(H,21,22). The number of halogens is 2. The number of likely N-dealkylation sites (tertiary alicyclic amines) is 1. The van der Waals surface area contributed by atoms with Gasteiger partial charge in [0.05, 0.1) is 12.5 Å². The Morgan fingerprint density at radius 2 is 1.92 bits per heavy atom. The third-order valence-corrected chi connectivity index (χ3v) is 4.68. The second kappa shape index (κ2) is 9.88. The van der Waals surface area contributed by atoms with Gasteiger partial charge in [-0.25, -0.2) is 0 Å². The second-order valence-corrected chi connectivity index (χ2v) is 6.89. The first kappa shape index (κ1) is 19.9. The lowest BCUT2D eigenvalue weighted by Crippen LogP contribution is -2.47. The number of nitrogens with one attached hydrogen (secondary N) is 1. The monoisotopic (exact) mass is 385 g/mol. The van der Waals surface area contributed by atoms with Gasteiger partial charge in [0.1, 0.15) is 0 Å². The highest BCUT2D eigenvalue weighted by atomic mass is 35.5. The molecular formula is C18H25Cl2N3O2. The summed E-state index contributed by atoms with van der Waals surface area (Å²) in [7, 11) is 1.77. The molecule has 1 aliphatic heterocycles. The molecule has 1 heterocycles. The van der Waals surface area contributed by atoms with Crippen molar-refractivity contribution in [3.05, 3.63) is 33.8 Å². The molecule has 0 bridgehead atoms. The van der Waals surface area contributed by atoms with Crippen LogP contribution in [0.3, 0.4) is 0 Å². The average molecular weight is 386 g/mol. The first-order valence-corrected chi connectivity index (χ1v) is 9.36. The molecule has 1 aromatic carbocycles. The molecule has 0 spiro atoms. The van der Waals surface area contributed by atoms with E-state index in [4.69, 9.17) is 27.9 Å². The largest absolute Gasteiger partial charge is 0.466 e. The van der Waals surface area contributed by atoms with E-state index < -0.39 is 0 Å². The number of guanidine groups is 1. The molecule has 1 aromatic rings. The zero-order valence-electron chi connectivity index (χ0n) is 14.7. The summed E-state index contributed by atoms with van der Waals surface area (Å²) in [6, 6.07) is 5.57. The minimum atomic E-state index is -0.0806. The summed E-state index contributed by atoms with van der Waals surface area (Å²) in [4.78, 5) is 18.3. The number of carbonyl (C=O) groups excluding carboxylic acids is 1. The Morgan fingerprint density at radius 3 is 2.48 bits per heavy atom. The number of esters is 1. The summed E-state index contributed by atoms with van der Waals surface area (Å²) in [6.45, 7) is 4.61. The first-order chi connectivity index (χ1) is 12.0. The van der Waals surface area contributed by atoms with Crippen LogP contribution in [0.25, 0.3) is 0 Å². The summed E-state index contributed by atoms with van der Waals surface area (Å²) in [5, 5.41) is 4.66. The van der Waals surface area contributed by atoms with E-state index >= 15 is 0 Å². The Kier molecular flexibility index (Phi) is 7.85. The third kappa shape index (κ3) is 6.08. The maximum absolute atomic E-state index is 11.8. The smallest absolute Gasteiger partial charge is 0.309 e. The van der Waals surface area contributed by atoms with Gasteiger partial charge in [0.25, 0.3) is 0 Å². The van der Waals surface area contributed by atoms with Gasteiger partial charge in [-0.05, 0) is 49.9 Å². The summed E-state index contributed by atoms with van der Waals surface area (Å²) in [5.41, 5.74) is 1.08. The molecule has 0 aliphatic carbocycles. The number of hydrogen-bond donors (Lipinski definition) is 1. The molecule has 1 saturated heterocycles. The van der Waals surface area contributed by atoms with Crippen LogP contribution in [0.4, 0.5) is 0 Å². The Balaban J connectivity index is 1.80. The van der Waals surface area contributed by atoms with Crippen molar-refractivity contribution >= 4 is 35.1 Å². The highest BCUT2D eigenvalue weighted by molar-refractivity contribution is 6.34.